The van der Waals surface area contributed by atoms with Crippen molar-refractivity contribution in [3.8, 4) is 23.0 Å². The topological polar surface area (TPSA) is 66.0 Å². The van der Waals surface area contributed by atoms with Gasteiger partial charge in [-0.2, -0.15) is 0 Å². The summed E-state index contributed by atoms with van der Waals surface area (Å²) >= 11 is 0. The average Bonchev–Trinajstić information content (AvgIpc) is 3.15. The highest BCUT2D eigenvalue weighted by atomic mass is 16.7. The minimum Gasteiger partial charge on any atom is -0.486 e. The van der Waals surface area contributed by atoms with Gasteiger partial charge in [0.2, 0.25) is 6.79 Å². The van der Waals surface area contributed by atoms with Crippen LogP contribution in [0.2, 0.25) is 0 Å². The highest BCUT2D eigenvalue weighted by Gasteiger charge is 2.17. The molecule has 0 aromatic heterocycles. The quantitative estimate of drug-likeness (QED) is 0.893. The van der Waals surface area contributed by atoms with Crippen LogP contribution < -0.4 is 24.3 Å². The zero-order valence-corrected chi connectivity index (χ0v) is 14.6. The molecule has 0 saturated heterocycles. The van der Waals surface area contributed by atoms with Crippen LogP contribution in [-0.2, 0) is 0 Å². The maximum atomic E-state index is 12.3. The van der Waals surface area contributed by atoms with Crippen LogP contribution in [0.4, 0.5) is 0 Å². The molecule has 2 aliphatic rings. The number of benzene rings is 2. The lowest BCUT2D eigenvalue weighted by Gasteiger charge is -2.20. The summed E-state index contributed by atoms with van der Waals surface area (Å²) in [5.41, 5.74) is 1.74. The van der Waals surface area contributed by atoms with Gasteiger partial charge in [0.05, 0.1) is 0 Å². The molecule has 0 fully saturated rings. The van der Waals surface area contributed by atoms with Crippen molar-refractivity contribution in [3.05, 3.63) is 47.5 Å². The van der Waals surface area contributed by atoms with Crippen LogP contribution in [0, 0.1) is 0 Å². The largest absolute Gasteiger partial charge is 0.486 e. The van der Waals surface area contributed by atoms with Gasteiger partial charge >= 0.3 is 0 Å². The summed E-state index contributed by atoms with van der Waals surface area (Å²) < 4.78 is 21.8. The zero-order valence-electron chi connectivity index (χ0n) is 14.6. The number of carbonyl (C=O) groups is 1. The van der Waals surface area contributed by atoms with Crippen LogP contribution in [-0.4, -0.2) is 32.5 Å². The monoisotopic (exact) mass is 355 g/mol. The predicted octanol–water partition coefficient (Wildman–Crippen LogP) is 3.11. The Morgan fingerprint density at radius 3 is 2.54 bits per heavy atom. The van der Waals surface area contributed by atoms with Crippen LogP contribution in [0.25, 0.3) is 0 Å². The second-order valence-electron chi connectivity index (χ2n) is 6.42. The molecule has 2 aliphatic heterocycles. The lowest BCUT2D eigenvalue weighted by atomic mass is 9.97. The Morgan fingerprint density at radius 1 is 0.962 bits per heavy atom. The zero-order chi connectivity index (χ0) is 17.9. The Morgan fingerprint density at radius 2 is 1.65 bits per heavy atom. The van der Waals surface area contributed by atoms with E-state index in [-0.39, 0.29) is 12.7 Å². The van der Waals surface area contributed by atoms with Crippen LogP contribution >= 0.6 is 0 Å². The third-order valence-corrected chi connectivity index (χ3v) is 4.63. The van der Waals surface area contributed by atoms with Crippen molar-refractivity contribution < 1.29 is 23.7 Å². The number of amides is 1. The van der Waals surface area contributed by atoms with E-state index in [1.165, 1.54) is 5.56 Å². The van der Waals surface area contributed by atoms with E-state index in [2.05, 4.69) is 18.3 Å². The van der Waals surface area contributed by atoms with Gasteiger partial charge in [-0.3, -0.25) is 4.79 Å². The highest BCUT2D eigenvalue weighted by molar-refractivity contribution is 5.94. The fourth-order valence-corrected chi connectivity index (χ4v) is 3.08. The summed E-state index contributed by atoms with van der Waals surface area (Å²) in [5.74, 6) is 3.06. The molecule has 2 aromatic carbocycles. The van der Waals surface area contributed by atoms with Crippen LogP contribution in [0.3, 0.4) is 0 Å². The molecule has 6 heteroatoms. The molecular weight excluding hydrogens is 334 g/mol. The molecule has 0 radical (unpaired) electrons. The molecule has 1 atom stereocenters. The third kappa shape index (κ3) is 3.40. The van der Waals surface area contributed by atoms with E-state index in [0.717, 1.165) is 17.9 Å². The first kappa shape index (κ1) is 16.6. The highest BCUT2D eigenvalue weighted by Crippen LogP contribution is 2.34. The van der Waals surface area contributed by atoms with E-state index in [4.69, 9.17) is 18.9 Å². The Hall–Kier alpha value is -2.89. The smallest absolute Gasteiger partial charge is 0.251 e. The number of hydrogen-bond donors (Lipinski definition) is 1. The second-order valence-corrected chi connectivity index (χ2v) is 6.42. The molecule has 1 unspecified atom stereocenters. The first-order valence-corrected chi connectivity index (χ1v) is 8.78. The molecule has 1 amide bonds. The van der Waals surface area contributed by atoms with Gasteiger partial charge in [-0.25, -0.2) is 0 Å². The summed E-state index contributed by atoms with van der Waals surface area (Å²) in [6, 6.07) is 11.2. The van der Waals surface area contributed by atoms with Crippen LogP contribution in [0.5, 0.6) is 23.0 Å². The molecular formula is C20H21NO5. The average molecular weight is 355 g/mol. The summed E-state index contributed by atoms with van der Waals surface area (Å²) in [5, 5.41) is 2.96. The summed E-state index contributed by atoms with van der Waals surface area (Å²) in [4.78, 5) is 12.3. The molecule has 2 heterocycles. The molecule has 0 spiro atoms. The van der Waals surface area contributed by atoms with Gasteiger partial charge < -0.3 is 24.3 Å². The number of rotatable bonds is 5. The van der Waals surface area contributed by atoms with Crippen molar-refractivity contribution >= 4 is 5.91 Å². The summed E-state index contributed by atoms with van der Waals surface area (Å²) in [6.45, 7) is 4.10. The van der Waals surface area contributed by atoms with Gasteiger partial charge in [0.25, 0.3) is 5.91 Å². The molecule has 2 aromatic rings. The molecule has 0 saturated carbocycles. The van der Waals surface area contributed by atoms with Gasteiger partial charge in [0, 0.05) is 12.1 Å². The number of ether oxygens (including phenoxy) is 4. The maximum absolute atomic E-state index is 12.3. The van der Waals surface area contributed by atoms with E-state index in [1.54, 1.807) is 18.2 Å². The first-order valence-electron chi connectivity index (χ1n) is 8.78. The van der Waals surface area contributed by atoms with E-state index in [0.29, 0.717) is 42.7 Å². The lowest BCUT2D eigenvalue weighted by Crippen LogP contribution is -2.25. The number of nitrogens with one attached hydrogen (secondary N) is 1. The normalized spacial score (nSPS) is 15.4. The molecule has 6 nitrogen and oxygen atoms in total. The Bertz CT molecular complexity index is 820. The lowest BCUT2D eigenvalue weighted by molar-refractivity contribution is 0.0952. The van der Waals surface area contributed by atoms with Crippen molar-refractivity contribution in [2.75, 3.05) is 26.6 Å². The van der Waals surface area contributed by atoms with Crippen molar-refractivity contribution in [1.82, 2.24) is 5.32 Å². The Balaban J connectivity index is 1.32. The van der Waals surface area contributed by atoms with Gasteiger partial charge in [-0.1, -0.05) is 13.0 Å². The molecule has 0 bridgehead atoms. The predicted molar refractivity (Wildman–Crippen MR) is 95.4 cm³/mol. The van der Waals surface area contributed by atoms with Crippen LogP contribution in [0.15, 0.2) is 36.4 Å². The Kier molecular flexibility index (Phi) is 4.56. The van der Waals surface area contributed by atoms with Crippen LogP contribution in [0.1, 0.15) is 35.2 Å². The number of carbonyl (C=O) groups excluding carboxylic acids is 1. The van der Waals surface area contributed by atoms with Gasteiger partial charge in [-0.15, -0.1) is 0 Å². The second kappa shape index (κ2) is 7.15. The Labute approximate surface area is 152 Å². The third-order valence-electron chi connectivity index (χ3n) is 4.63. The molecule has 136 valence electrons. The fraction of sp³-hybridized carbons (Fsp3) is 0.350. The minimum atomic E-state index is -0.113. The SMILES string of the molecule is CC(CCNC(=O)c1ccc2c(c1)OCO2)c1ccc2c(c1)OCCO2. The maximum Gasteiger partial charge on any atom is 0.251 e. The molecule has 1 N–H and O–H groups in total. The first-order chi connectivity index (χ1) is 12.7. The number of fused-ring (bicyclic) bond motifs is 2. The van der Waals surface area contributed by atoms with E-state index in [9.17, 15) is 4.79 Å². The minimum absolute atomic E-state index is 0.113. The van der Waals surface area contributed by atoms with E-state index in [1.807, 2.05) is 12.1 Å². The number of hydrogen-bond acceptors (Lipinski definition) is 5. The standard InChI is InChI=1S/C20H21NO5/c1-13(14-2-4-16-18(10-14)24-9-8-23-16)6-7-21-20(22)15-3-5-17-19(11-15)26-12-25-17/h2-5,10-11,13H,6-9,12H2,1H3,(H,21,22). The summed E-state index contributed by atoms with van der Waals surface area (Å²) in [7, 11) is 0. The van der Waals surface area contributed by atoms with Gasteiger partial charge in [0.15, 0.2) is 23.0 Å². The van der Waals surface area contributed by atoms with Crippen molar-refractivity contribution in [3.63, 3.8) is 0 Å². The summed E-state index contributed by atoms with van der Waals surface area (Å²) in [6.07, 6.45) is 0.829. The van der Waals surface area contributed by atoms with Gasteiger partial charge in [-0.05, 0) is 48.2 Å². The molecule has 0 aliphatic carbocycles. The van der Waals surface area contributed by atoms with E-state index >= 15 is 0 Å². The molecule has 26 heavy (non-hydrogen) atoms. The molecule has 4 rings (SSSR count). The van der Waals surface area contributed by atoms with Crippen molar-refractivity contribution in [1.29, 1.82) is 0 Å². The van der Waals surface area contributed by atoms with Crippen molar-refractivity contribution in [2.24, 2.45) is 0 Å². The van der Waals surface area contributed by atoms with Crippen molar-refractivity contribution in [2.45, 2.75) is 19.3 Å². The van der Waals surface area contributed by atoms with E-state index < -0.39 is 0 Å². The van der Waals surface area contributed by atoms with Gasteiger partial charge in [0.1, 0.15) is 13.2 Å². The fourth-order valence-electron chi connectivity index (χ4n) is 3.08.